The monoisotopic (exact) mass is 383 g/mol. The molecule has 1 unspecified atom stereocenters. The number of rotatable bonds is 7. The van der Waals surface area contributed by atoms with Gasteiger partial charge in [0.2, 0.25) is 5.91 Å². The average Bonchev–Trinajstić information content (AvgIpc) is 3.36. The second kappa shape index (κ2) is 9.25. The number of hydrogen-bond acceptors (Lipinski definition) is 6. The molecule has 2 aromatic rings. The third-order valence-corrected chi connectivity index (χ3v) is 5.58. The van der Waals surface area contributed by atoms with E-state index in [1.54, 1.807) is 4.68 Å². The van der Waals surface area contributed by atoms with Crippen molar-refractivity contribution in [2.24, 2.45) is 0 Å². The Kier molecular flexibility index (Phi) is 6.28. The van der Waals surface area contributed by atoms with Crippen molar-refractivity contribution >= 4 is 5.91 Å². The van der Waals surface area contributed by atoms with Gasteiger partial charge in [-0.3, -0.25) is 14.6 Å². The van der Waals surface area contributed by atoms with Gasteiger partial charge in [0.25, 0.3) is 0 Å². The molecule has 0 aliphatic carbocycles. The fourth-order valence-electron chi connectivity index (χ4n) is 4.17. The summed E-state index contributed by atoms with van der Waals surface area (Å²) in [6, 6.07) is 10.7. The maximum absolute atomic E-state index is 12.6. The molecular formula is C20H29N7O. The molecular weight excluding hydrogens is 354 g/mol. The highest BCUT2D eigenvalue weighted by Gasteiger charge is 2.23. The van der Waals surface area contributed by atoms with E-state index in [4.69, 9.17) is 0 Å². The Bertz CT molecular complexity index is 757. The summed E-state index contributed by atoms with van der Waals surface area (Å²) >= 11 is 0. The minimum atomic E-state index is -0.0125. The minimum Gasteiger partial charge on any atom is -0.350 e. The lowest BCUT2D eigenvalue weighted by Gasteiger charge is -2.33. The first kappa shape index (κ1) is 19.0. The Morgan fingerprint density at radius 3 is 2.64 bits per heavy atom. The lowest BCUT2D eigenvalue weighted by atomic mass is 10.0. The molecule has 1 aromatic heterocycles. The molecule has 3 heterocycles. The van der Waals surface area contributed by atoms with Crippen LogP contribution in [0.5, 0.6) is 0 Å². The van der Waals surface area contributed by atoms with Crippen molar-refractivity contribution in [1.82, 2.24) is 35.3 Å². The molecule has 1 N–H and O–H groups in total. The number of carbonyl (C=O) groups excluding carboxylic acids is 1. The van der Waals surface area contributed by atoms with Gasteiger partial charge in [0.15, 0.2) is 5.82 Å². The molecule has 28 heavy (non-hydrogen) atoms. The third kappa shape index (κ3) is 5.14. The van der Waals surface area contributed by atoms with Gasteiger partial charge >= 0.3 is 0 Å². The Balaban J connectivity index is 1.27. The van der Waals surface area contributed by atoms with E-state index < -0.39 is 0 Å². The van der Waals surface area contributed by atoms with E-state index in [1.165, 1.54) is 18.4 Å². The lowest BCUT2D eigenvalue weighted by Crippen LogP contribution is -2.48. The van der Waals surface area contributed by atoms with Crippen LogP contribution in [-0.2, 0) is 24.4 Å². The molecule has 0 spiro atoms. The standard InChI is InChI=1S/C20H29N7O/c28-20(16-27-19(22-23-24-27)15-25-10-4-5-11-25)21-18-9-6-12-26(14-18)13-17-7-2-1-3-8-17/h1-3,7-8,18H,4-6,9-16H2,(H,21,28). The number of piperidine rings is 1. The maximum Gasteiger partial charge on any atom is 0.242 e. The minimum absolute atomic E-state index is 0.0125. The van der Waals surface area contributed by atoms with Crippen molar-refractivity contribution in [3.63, 3.8) is 0 Å². The topological polar surface area (TPSA) is 79.2 Å². The summed E-state index contributed by atoms with van der Waals surface area (Å²) in [7, 11) is 0. The van der Waals surface area contributed by atoms with Crippen LogP contribution in [-0.4, -0.2) is 68.1 Å². The summed E-state index contributed by atoms with van der Waals surface area (Å²) < 4.78 is 1.64. The lowest BCUT2D eigenvalue weighted by molar-refractivity contribution is -0.123. The number of benzene rings is 1. The van der Waals surface area contributed by atoms with Crippen molar-refractivity contribution in [2.45, 2.75) is 51.4 Å². The van der Waals surface area contributed by atoms with Crippen LogP contribution in [0.1, 0.15) is 37.1 Å². The second-order valence-electron chi connectivity index (χ2n) is 7.86. The molecule has 1 aromatic carbocycles. The van der Waals surface area contributed by atoms with Crippen LogP contribution in [0.3, 0.4) is 0 Å². The van der Waals surface area contributed by atoms with Gasteiger partial charge in [-0.25, -0.2) is 4.68 Å². The fraction of sp³-hybridized carbons (Fsp3) is 0.600. The average molecular weight is 384 g/mol. The molecule has 0 bridgehead atoms. The van der Waals surface area contributed by atoms with Gasteiger partial charge < -0.3 is 5.32 Å². The van der Waals surface area contributed by atoms with E-state index >= 15 is 0 Å². The molecule has 8 heteroatoms. The molecule has 4 rings (SSSR count). The first-order valence-corrected chi connectivity index (χ1v) is 10.3. The zero-order valence-corrected chi connectivity index (χ0v) is 16.3. The SMILES string of the molecule is O=C(Cn1nnnc1CN1CCCC1)NC1CCCN(Cc2ccccc2)C1. The normalized spacial score (nSPS) is 21.1. The van der Waals surface area contributed by atoms with Gasteiger partial charge in [-0.15, -0.1) is 5.10 Å². The molecule has 2 fully saturated rings. The number of carbonyl (C=O) groups is 1. The highest BCUT2D eigenvalue weighted by molar-refractivity contribution is 5.76. The number of likely N-dealkylation sites (tertiary alicyclic amines) is 2. The van der Waals surface area contributed by atoms with Crippen molar-refractivity contribution in [3.8, 4) is 0 Å². The highest BCUT2D eigenvalue weighted by Crippen LogP contribution is 2.14. The molecule has 1 atom stereocenters. The van der Waals surface area contributed by atoms with Crippen molar-refractivity contribution in [1.29, 1.82) is 0 Å². The number of amides is 1. The van der Waals surface area contributed by atoms with Crippen LogP contribution in [0.15, 0.2) is 30.3 Å². The first-order valence-electron chi connectivity index (χ1n) is 10.3. The van der Waals surface area contributed by atoms with Crippen LogP contribution in [0.25, 0.3) is 0 Å². The summed E-state index contributed by atoms with van der Waals surface area (Å²) in [5.41, 5.74) is 1.31. The summed E-state index contributed by atoms with van der Waals surface area (Å²) in [6.45, 7) is 5.96. The van der Waals surface area contributed by atoms with Gasteiger partial charge in [-0.1, -0.05) is 30.3 Å². The number of tetrazole rings is 1. The Labute approximate surface area is 165 Å². The van der Waals surface area contributed by atoms with Crippen molar-refractivity contribution in [3.05, 3.63) is 41.7 Å². The summed E-state index contributed by atoms with van der Waals surface area (Å²) in [5, 5.41) is 15.1. The van der Waals surface area contributed by atoms with Crippen LogP contribution in [0.4, 0.5) is 0 Å². The smallest absolute Gasteiger partial charge is 0.242 e. The van der Waals surface area contributed by atoms with Gasteiger partial charge in [-0.05, 0) is 61.3 Å². The van der Waals surface area contributed by atoms with E-state index in [1.807, 2.05) is 6.07 Å². The summed E-state index contributed by atoms with van der Waals surface area (Å²) in [4.78, 5) is 17.3. The van der Waals surface area contributed by atoms with E-state index in [0.29, 0.717) is 6.54 Å². The van der Waals surface area contributed by atoms with E-state index in [9.17, 15) is 4.79 Å². The Morgan fingerprint density at radius 1 is 1.04 bits per heavy atom. The van der Waals surface area contributed by atoms with Crippen LogP contribution < -0.4 is 5.32 Å². The quantitative estimate of drug-likeness (QED) is 0.770. The molecule has 1 amide bonds. The Hall–Kier alpha value is -2.32. The molecule has 2 aliphatic rings. The second-order valence-corrected chi connectivity index (χ2v) is 7.86. The number of nitrogens with zero attached hydrogens (tertiary/aromatic N) is 6. The molecule has 2 saturated heterocycles. The van der Waals surface area contributed by atoms with Crippen molar-refractivity contribution < 1.29 is 4.79 Å². The highest BCUT2D eigenvalue weighted by atomic mass is 16.2. The fourth-order valence-corrected chi connectivity index (χ4v) is 4.17. The first-order chi connectivity index (χ1) is 13.8. The zero-order chi connectivity index (χ0) is 19.2. The molecule has 0 radical (unpaired) electrons. The molecule has 150 valence electrons. The van der Waals surface area contributed by atoms with Crippen molar-refractivity contribution in [2.75, 3.05) is 26.2 Å². The van der Waals surface area contributed by atoms with Crippen LogP contribution in [0.2, 0.25) is 0 Å². The number of aromatic nitrogens is 4. The molecule has 2 aliphatic heterocycles. The zero-order valence-electron chi connectivity index (χ0n) is 16.3. The number of hydrogen-bond donors (Lipinski definition) is 1. The van der Waals surface area contributed by atoms with Crippen LogP contribution in [0, 0.1) is 0 Å². The maximum atomic E-state index is 12.6. The predicted octanol–water partition coefficient (Wildman–Crippen LogP) is 1.05. The van der Waals surface area contributed by atoms with E-state index in [2.05, 4.69) is 54.9 Å². The Morgan fingerprint density at radius 2 is 1.82 bits per heavy atom. The largest absolute Gasteiger partial charge is 0.350 e. The van der Waals surface area contributed by atoms with Gasteiger partial charge in [-0.2, -0.15) is 0 Å². The van der Waals surface area contributed by atoms with E-state index in [-0.39, 0.29) is 18.5 Å². The summed E-state index contributed by atoms with van der Waals surface area (Å²) in [6.07, 6.45) is 4.57. The molecule has 0 saturated carbocycles. The molecule has 8 nitrogen and oxygen atoms in total. The third-order valence-electron chi connectivity index (χ3n) is 5.58. The van der Waals surface area contributed by atoms with Crippen LogP contribution >= 0.6 is 0 Å². The summed E-state index contributed by atoms with van der Waals surface area (Å²) in [5.74, 6) is 0.757. The van der Waals surface area contributed by atoms with E-state index in [0.717, 1.165) is 51.4 Å². The van der Waals surface area contributed by atoms with Gasteiger partial charge in [0, 0.05) is 19.1 Å². The number of nitrogens with one attached hydrogen (secondary N) is 1. The van der Waals surface area contributed by atoms with Gasteiger partial charge in [0.05, 0.1) is 6.54 Å². The predicted molar refractivity (Wildman–Crippen MR) is 105 cm³/mol. The van der Waals surface area contributed by atoms with Gasteiger partial charge in [0.1, 0.15) is 6.54 Å².